The Morgan fingerprint density at radius 3 is 2.44 bits per heavy atom. The van der Waals surface area contributed by atoms with Crippen LogP contribution in [0.25, 0.3) is 0 Å². The number of halogens is 5. The number of nitro benzene ring substituents is 1. The van der Waals surface area contributed by atoms with Gasteiger partial charge in [-0.25, -0.2) is 9.88 Å². The highest BCUT2D eigenvalue weighted by molar-refractivity contribution is 6.33. The van der Waals surface area contributed by atoms with Crippen molar-refractivity contribution in [2.24, 2.45) is 29.6 Å². The fourth-order valence-electron chi connectivity index (χ4n) is 9.60. The molecule has 2 saturated heterocycles. The molecule has 1 saturated carbocycles. The lowest BCUT2D eigenvalue weighted by molar-refractivity contribution is -0.384. The molecule has 3 aliphatic heterocycles. The number of carbonyl (C=O) groups excluding carboxylic acids is 4. The van der Waals surface area contributed by atoms with E-state index < -0.39 is 86.1 Å². The number of hydrogen-bond donors (Lipinski definition) is 2. The van der Waals surface area contributed by atoms with E-state index in [1.54, 1.807) is 36.4 Å². The predicted octanol–water partition coefficient (Wildman–Crippen LogP) is 7.56. The third-order valence-electron chi connectivity index (χ3n) is 12.0. The Morgan fingerprint density at radius 1 is 0.966 bits per heavy atom. The van der Waals surface area contributed by atoms with Gasteiger partial charge in [-0.3, -0.25) is 34.7 Å². The first-order valence-electron chi connectivity index (χ1n) is 18.2. The number of anilines is 2. The van der Waals surface area contributed by atoms with Crippen LogP contribution >= 0.6 is 23.2 Å². The quantitative estimate of drug-likeness (QED) is 0.0854. The number of nitrogens with one attached hydrogen (secondary N) is 1. The Balaban J connectivity index is 1.21. The monoisotopic (exact) mass is 845 g/mol. The summed E-state index contributed by atoms with van der Waals surface area (Å²) in [5.41, 5.74) is 1.26. The van der Waals surface area contributed by atoms with E-state index in [9.17, 15) is 42.8 Å². The number of nitro groups is 1. The number of fused-ring (bicyclic) bond motifs is 5. The maximum Gasteiger partial charge on any atom is 0.417 e. The topological polar surface area (TPSA) is 172 Å². The largest absolute Gasteiger partial charge is 0.508 e. The van der Waals surface area contributed by atoms with Gasteiger partial charge in [0.1, 0.15) is 11.5 Å². The van der Waals surface area contributed by atoms with E-state index in [1.165, 1.54) is 36.6 Å². The average molecular weight is 847 g/mol. The fourth-order valence-corrected chi connectivity index (χ4v) is 9.93. The summed E-state index contributed by atoms with van der Waals surface area (Å²) in [5.74, 6) is -7.98. The number of pyridine rings is 1. The number of phenolic OH excluding ortho intramolecular Hbond substituents is 1. The lowest BCUT2D eigenvalue weighted by Crippen LogP contribution is -2.55. The van der Waals surface area contributed by atoms with Crippen LogP contribution in [-0.2, 0) is 37.2 Å². The van der Waals surface area contributed by atoms with Gasteiger partial charge in [0.2, 0.25) is 11.8 Å². The maximum absolute atomic E-state index is 15.4. The average Bonchev–Trinajstić information content (AvgIpc) is 3.58. The smallest absolute Gasteiger partial charge is 0.417 e. The number of carbonyl (C=O) groups is 4. The summed E-state index contributed by atoms with van der Waals surface area (Å²) in [7, 11) is 0. The van der Waals surface area contributed by atoms with E-state index in [0.717, 1.165) is 11.0 Å². The number of allylic oxidation sites excluding steroid dienone is 3. The zero-order chi connectivity index (χ0) is 41.7. The van der Waals surface area contributed by atoms with Crippen molar-refractivity contribution in [2.45, 2.75) is 30.9 Å². The summed E-state index contributed by atoms with van der Waals surface area (Å²) >= 11 is 12.6. The molecule has 59 heavy (non-hydrogen) atoms. The van der Waals surface area contributed by atoms with E-state index in [1.807, 2.05) is 0 Å². The van der Waals surface area contributed by atoms with Crippen LogP contribution in [0.1, 0.15) is 29.5 Å². The van der Waals surface area contributed by atoms with E-state index in [2.05, 4.69) is 10.4 Å². The fraction of sp³-hybridized carbons (Fsp3) is 0.244. The van der Waals surface area contributed by atoms with Crippen molar-refractivity contribution >= 4 is 64.0 Å². The van der Waals surface area contributed by atoms with Crippen molar-refractivity contribution in [3.63, 3.8) is 0 Å². The van der Waals surface area contributed by atoms with Crippen molar-refractivity contribution in [1.82, 2.24) is 9.99 Å². The molecule has 300 valence electrons. The molecular weight excluding hydrogens is 818 g/mol. The molecule has 4 heterocycles. The number of ether oxygens (including phenoxy) is 1. The van der Waals surface area contributed by atoms with E-state index in [-0.39, 0.29) is 36.4 Å². The van der Waals surface area contributed by atoms with Gasteiger partial charge in [0.25, 0.3) is 17.5 Å². The molecule has 6 unspecified atom stereocenters. The molecule has 9 rings (SSSR count). The molecule has 0 radical (unpaired) electrons. The molecule has 0 bridgehead atoms. The SMILES string of the molecule is O=C1C2CC3C(=CCC4C(=O)N(c5cccc([N+](=O)[O-])c5)C(=O)C43)C(C3=COc4ccc(O)cc4C3)C2(c2ccc(Cl)cc2)C(=O)N1Nc1ncc(C(F)(F)F)cc1Cl. The molecule has 18 heteroatoms. The number of amides is 4. The van der Waals surface area contributed by atoms with Crippen LogP contribution in [0, 0.1) is 39.7 Å². The highest BCUT2D eigenvalue weighted by Gasteiger charge is 2.71. The Kier molecular flexibility index (Phi) is 8.86. The van der Waals surface area contributed by atoms with Crippen molar-refractivity contribution in [3.8, 4) is 11.5 Å². The number of phenols is 1. The normalized spacial score (nSPS) is 26.0. The molecule has 6 atom stereocenters. The number of aromatic nitrogens is 1. The van der Waals surface area contributed by atoms with Gasteiger partial charge < -0.3 is 9.84 Å². The van der Waals surface area contributed by atoms with Crippen LogP contribution in [0.4, 0.5) is 30.4 Å². The van der Waals surface area contributed by atoms with Gasteiger partial charge in [0.05, 0.1) is 50.6 Å². The number of aromatic hydroxyl groups is 1. The summed E-state index contributed by atoms with van der Waals surface area (Å²) in [6, 6.07) is 16.6. The summed E-state index contributed by atoms with van der Waals surface area (Å²) in [6.07, 6.45) is -0.993. The number of imide groups is 2. The van der Waals surface area contributed by atoms with Crippen molar-refractivity contribution in [1.29, 1.82) is 0 Å². The van der Waals surface area contributed by atoms with E-state index in [0.29, 0.717) is 50.3 Å². The van der Waals surface area contributed by atoms with Crippen LogP contribution < -0.4 is 15.1 Å². The van der Waals surface area contributed by atoms with Gasteiger partial charge in [-0.1, -0.05) is 53.1 Å². The molecule has 13 nitrogen and oxygen atoms in total. The van der Waals surface area contributed by atoms with Crippen LogP contribution in [-0.4, -0.2) is 43.7 Å². The van der Waals surface area contributed by atoms with Gasteiger partial charge in [0, 0.05) is 41.3 Å². The lowest BCUT2D eigenvalue weighted by Gasteiger charge is -2.51. The summed E-state index contributed by atoms with van der Waals surface area (Å²) < 4.78 is 46.7. The van der Waals surface area contributed by atoms with Crippen molar-refractivity contribution < 1.29 is 47.1 Å². The van der Waals surface area contributed by atoms with Gasteiger partial charge in [-0.15, -0.1) is 0 Å². The standard InChI is InChI=1S/C41H28Cl2F3N5O8/c42-23-6-4-21(5-7-23)40-30(37(54)50(39(40)56)48-35-31(43)14-22(17-47-35)41(44,45)46)16-29-27(34(40)20-12-19-13-26(52)8-11-32(19)59-18-20)9-10-28-33(29)38(55)49(36(28)53)24-2-1-3-25(15-24)51(57)58/h1-9,11,13-15,17-18,28-30,33-34,52H,10,12,16H2,(H,47,48). The highest BCUT2D eigenvalue weighted by atomic mass is 35.5. The third kappa shape index (κ3) is 5.86. The predicted molar refractivity (Wildman–Crippen MR) is 204 cm³/mol. The summed E-state index contributed by atoms with van der Waals surface area (Å²) in [5, 5.41) is 22.6. The minimum Gasteiger partial charge on any atom is -0.508 e. The minimum atomic E-state index is -4.79. The molecule has 2 N–H and O–H groups in total. The molecule has 0 spiro atoms. The first-order valence-corrected chi connectivity index (χ1v) is 19.0. The maximum atomic E-state index is 15.4. The Labute approximate surface area is 341 Å². The lowest BCUT2D eigenvalue weighted by atomic mass is 9.48. The Bertz CT molecular complexity index is 2600. The second kappa shape index (κ2) is 13.7. The zero-order valence-electron chi connectivity index (χ0n) is 30.2. The first-order chi connectivity index (χ1) is 28.1. The van der Waals surface area contributed by atoms with Crippen molar-refractivity contribution in [3.05, 3.63) is 139 Å². The molecule has 3 aromatic carbocycles. The number of benzene rings is 3. The Morgan fingerprint density at radius 2 is 1.73 bits per heavy atom. The number of rotatable bonds is 6. The Hall–Kier alpha value is -6.26. The molecular formula is C41H28Cl2F3N5O8. The number of alkyl halides is 3. The van der Waals surface area contributed by atoms with Crippen LogP contribution in [0.3, 0.4) is 0 Å². The molecule has 3 fully saturated rings. The molecule has 1 aromatic heterocycles. The summed E-state index contributed by atoms with van der Waals surface area (Å²) in [6.45, 7) is 0. The number of hydrazine groups is 1. The zero-order valence-corrected chi connectivity index (χ0v) is 31.7. The van der Waals surface area contributed by atoms with E-state index in [4.69, 9.17) is 27.9 Å². The number of hydrogen-bond acceptors (Lipinski definition) is 10. The molecule has 4 aromatic rings. The van der Waals surface area contributed by atoms with E-state index >= 15 is 4.79 Å². The molecule has 2 aliphatic carbocycles. The number of nitrogens with zero attached hydrogens (tertiary/aromatic N) is 4. The van der Waals surface area contributed by atoms with Gasteiger partial charge in [0.15, 0.2) is 5.82 Å². The van der Waals surface area contributed by atoms with Gasteiger partial charge in [-0.05, 0) is 72.4 Å². The molecule has 5 aliphatic rings. The second-order valence-electron chi connectivity index (χ2n) is 15.0. The van der Waals surface area contributed by atoms with Gasteiger partial charge >= 0.3 is 6.18 Å². The van der Waals surface area contributed by atoms with Crippen LogP contribution in [0.15, 0.2) is 102 Å². The van der Waals surface area contributed by atoms with Crippen LogP contribution in [0.2, 0.25) is 10.0 Å². The van der Waals surface area contributed by atoms with Crippen LogP contribution in [0.5, 0.6) is 11.5 Å². The van der Waals surface area contributed by atoms with Crippen molar-refractivity contribution in [2.75, 3.05) is 10.3 Å². The highest BCUT2D eigenvalue weighted by Crippen LogP contribution is 2.63. The first kappa shape index (κ1) is 38.3. The number of non-ortho nitro benzene ring substituents is 1. The minimum absolute atomic E-state index is 0.0104. The molecule has 4 amide bonds. The summed E-state index contributed by atoms with van der Waals surface area (Å²) in [4.78, 5) is 74.8. The third-order valence-corrected chi connectivity index (χ3v) is 12.5. The second-order valence-corrected chi connectivity index (χ2v) is 15.8. The van der Waals surface area contributed by atoms with Gasteiger partial charge in [-0.2, -0.15) is 18.2 Å².